The van der Waals surface area contributed by atoms with Gasteiger partial charge >= 0.3 is 0 Å². The van der Waals surface area contributed by atoms with Gasteiger partial charge in [0.2, 0.25) is 0 Å². The van der Waals surface area contributed by atoms with Crippen LogP contribution in [0.15, 0.2) is 18.2 Å². The van der Waals surface area contributed by atoms with Crippen LogP contribution in [0.25, 0.3) is 0 Å². The van der Waals surface area contributed by atoms with Gasteiger partial charge in [-0.25, -0.2) is 0 Å². The monoisotopic (exact) mass is 257 g/mol. The normalized spacial score (nSPS) is 34.1. The first kappa shape index (κ1) is 11.8. The Morgan fingerprint density at radius 2 is 2.16 bits per heavy atom. The van der Waals surface area contributed by atoms with Crippen molar-refractivity contribution in [1.29, 1.82) is 0 Å². The van der Waals surface area contributed by atoms with E-state index >= 15 is 0 Å². The lowest BCUT2D eigenvalue weighted by molar-refractivity contribution is 0.0824. The topological polar surface area (TPSA) is 23.5 Å². The van der Waals surface area contributed by atoms with E-state index in [1.807, 2.05) is 12.1 Å². The van der Waals surface area contributed by atoms with Gasteiger partial charge in [-0.1, -0.05) is 13.0 Å². The van der Waals surface area contributed by atoms with Gasteiger partial charge in [-0.3, -0.25) is 4.90 Å². The fraction of sp³-hybridized carbons (Fsp3) is 0.647. The molecule has 102 valence electrons. The first-order valence-electron chi connectivity index (χ1n) is 7.76. The molecule has 1 aromatic carbocycles. The van der Waals surface area contributed by atoms with E-state index in [1.54, 1.807) is 0 Å². The molecule has 1 N–H and O–H groups in total. The highest BCUT2D eigenvalue weighted by molar-refractivity contribution is 5.40. The summed E-state index contributed by atoms with van der Waals surface area (Å²) in [5.41, 5.74) is 2.90. The zero-order valence-corrected chi connectivity index (χ0v) is 11.7. The van der Waals surface area contributed by atoms with E-state index in [2.05, 4.69) is 17.9 Å². The Labute approximate surface area is 115 Å². The number of aromatic hydroxyl groups is 1. The average molecular weight is 257 g/mol. The molecule has 2 bridgehead atoms. The van der Waals surface area contributed by atoms with Crippen LogP contribution in [0.1, 0.15) is 43.2 Å². The summed E-state index contributed by atoms with van der Waals surface area (Å²) in [5.74, 6) is 2.81. The average Bonchev–Trinajstić information content (AvgIpc) is 3.19. The molecule has 0 aromatic heterocycles. The molecule has 1 aliphatic heterocycles. The van der Waals surface area contributed by atoms with Crippen LogP contribution in [0.3, 0.4) is 0 Å². The number of hydrogen-bond donors (Lipinski definition) is 1. The Hall–Kier alpha value is -1.02. The lowest BCUT2D eigenvalue weighted by Crippen LogP contribution is -2.50. The van der Waals surface area contributed by atoms with Crippen molar-refractivity contribution >= 4 is 0 Å². The van der Waals surface area contributed by atoms with Gasteiger partial charge < -0.3 is 5.11 Å². The molecule has 4 rings (SSSR count). The van der Waals surface area contributed by atoms with Gasteiger partial charge in [-0.2, -0.15) is 0 Å². The molecule has 3 aliphatic rings. The number of piperidine rings is 1. The van der Waals surface area contributed by atoms with E-state index in [4.69, 9.17) is 0 Å². The van der Waals surface area contributed by atoms with E-state index < -0.39 is 0 Å². The molecule has 19 heavy (non-hydrogen) atoms. The summed E-state index contributed by atoms with van der Waals surface area (Å²) in [4.78, 5) is 2.76. The summed E-state index contributed by atoms with van der Waals surface area (Å²) in [7, 11) is 0. The van der Waals surface area contributed by atoms with Crippen molar-refractivity contribution in [2.24, 2.45) is 11.8 Å². The zero-order valence-electron chi connectivity index (χ0n) is 11.7. The largest absolute Gasteiger partial charge is 0.508 e. The van der Waals surface area contributed by atoms with Crippen molar-refractivity contribution in [3.63, 3.8) is 0 Å². The Balaban J connectivity index is 1.64. The van der Waals surface area contributed by atoms with E-state index in [1.165, 1.54) is 49.9 Å². The number of hydrogen-bond acceptors (Lipinski definition) is 2. The van der Waals surface area contributed by atoms with E-state index in [0.29, 0.717) is 11.7 Å². The Bertz CT molecular complexity index is 494. The van der Waals surface area contributed by atoms with Crippen LogP contribution >= 0.6 is 0 Å². The second kappa shape index (κ2) is 4.24. The van der Waals surface area contributed by atoms with E-state index in [9.17, 15) is 5.11 Å². The Morgan fingerprint density at radius 3 is 2.95 bits per heavy atom. The molecular formula is C17H23NO. The Kier molecular flexibility index (Phi) is 2.63. The summed E-state index contributed by atoms with van der Waals surface area (Å²) < 4.78 is 0. The third-order valence-corrected chi connectivity index (χ3v) is 5.43. The van der Waals surface area contributed by atoms with Gasteiger partial charge in [0.1, 0.15) is 5.75 Å². The fourth-order valence-electron chi connectivity index (χ4n) is 4.19. The minimum atomic E-state index is 0.435. The van der Waals surface area contributed by atoms with Crippen LogP contribution in [-0.4, -0.2) is 29.1 Å². The predicted molar refractivity (Wildman–Crippen MR) is 76.4 cm³/mol. The second-order valence-electron chi connectivity index (χ2n) is 6.96. The smallest absolute Gasteiger partial charge is 0.115 e. The van der Waals surface area contributed by atoms with Crippen molar-refractivity contribution in [2.45, 2.75) is 44.6 Å². The highest BCUT2D eigenvalue weighted by Gasteiger charge is 2.40. The molecule has 1 aromatic rings. The van der Waals surface area contributed by atoms with Crippen molar-refractivity contribution in [3.05, 3.63) is 29.3 Å². The molecule has 2 heteroatoms. The van der Waals surface area contributed by atoms with Gasteiger partial charge in [0.15, 0.2) is 0 Å². The van der Waals surface area contributed by atoms with Crippen molar-refractivity contribution in [2.75, 3.05) is 13.1 Å². The minimum Gasteiger partial charge on any atom is -0.508 e. The van der Waals surface area contributed by atoms with Gasteiger partial charge in [0.25, 0.3) is 0 Å². The lowest BCUT2D eigenvalue weighted by Gasteiger charge is -2.47. The summed E-state index contributed by atoms with van der Waals surface area (Å²) in [5, 5.41) is 9.74. The number of phenols is 1. The third kappa shape index (κ3) is 2.06. The van der Waals surface area contributed by atoms with Crippen molar-refractivity contribution in [3.8, 4) is 5.75 Å². The van der Waals surface area contributed by atoms with Crippen LogP contribution in [0.2, 0.25) is 0 Å². The summed E-state index contributed by atoms with van der Waals surface area (Å²) in [6.07, 6.45) is 5.38. The number of nitrogens with zero attached hydrogens (tertiary/aromatic N) is 1. The SMILES string of the molecule is C[C@@H]1CN(CC2CC2)[C@@H]2Cc3ccc(O)cc3[C@H]1C2. The van der Waals surface area contributed by atoms with E-state index in [0.717, 1.165) is 17.9 Å². The van der Waals surface area contributed by atoms with Gasteiger partial charge in [0.05, 0.1) is 0 Å². The first-order valence-corrected chi connectivity index (χ1v) is 7.76. The molecule has 0 spiro atoms. The fourth-order valence-corrected chi connectivity index (χ4v) is 4.19. The third-order valence-electron chi connectivity index (χ3n) is 5.43. The molecule has 0 radical (unpaired) electrons. The molecule has 2 aliphatic carbocycles. The number of fused-ring (bicyclic) bond motifs is 4. The first-order chi connectivity index (χ1) is 9.20. The van der Waals surface area contributed by atoms with Crippen LogP contribution in [0, 0.1) is 11.8 Å². The van der Waals surface area contributed by atoms with Gasteiger partial charge in [-0.05, 0) is 66.7 Å². The van der Waals surface area contributed by atoms with Gasteiger partial charge in [-0.15, -0.1) is 0 Å². The number of phenolic OH excluding ortho intramolecular Hbond substituents is 1. The molecule has 0 amide bonds. The van der Waals surface area contributed by atoms with Gasteiger partial charge in [0, 0.05) is 19.1 Å². The highest BCUT2D eigenvalue weighted by atomic mass is 16.3. The standard InChI is InChI=1S/C17H23NO/c1-11-9-18(10-12-2-3-12)14-6-13-4-5-15(19)8-17(13)16(11)7-14/h4-5,8,11-12,14,16,19H,2-3,6-7,9-10H2,1H3/t11-,14-,16+/m1/s1. The molecule has 0 unspecified atom stereocenters. The summed E-state index contributed by atoms with van der Waals surface area (Å²) in [6, 6.07) is 6.77. The highest BCUT2D eigenvalue weighted by Crippen LogP contribution is 2.45. The van der Waals surface area contributed by atoms with Crippen LogP contribution in [-0.2, 0) is 6.42 Å². The van der Waals surface area contributed by atoms with Crippen LogP contribution < -0.4 is 0 Å². The van der Waals surface area contributed by atoms with Crippen LogP contribution in [0.5, 0.6) is 5.75 Å². The summed E-state index contributed by atoms with van der Waals surface area (Å²) >= 11 is 0. The maximum Gasteiger partial charge on any atom is 0.115 e. The second-order valence-corrected chi connectivity index (χ2v) is 6.96. The molecule has 2 nitrogen and oxygen atoms in total. The van der Waals surface area contributed by atoms with E-state index in [-0.39, 0.29) is 0 Å². The molecule has 1 saturated heterocycles. The summed E-state index contributed by atoms with van der Waals surface area (Å²) in [6.45, 7) is 4.97. The minimum absolute atomic E-state index is 0.435. The quantitative estimate of drug-likeness (QED) is 0.879. The number of benzene rings is 1. The molecule has 2 fully saturated rings. The number of likely N-dealkylation sites (tertiary alicyclic amines) is 1. The molecule has 3 atom stereocenters. The number of rotatable bonds is 2. The zero-order chi connectivity index (χ0) is 13.0. The molecular weight excluding hydrogens is 234 g/mol. The van der Waals surface area contributed by atoms with Crippen molar-refractivity contribution < 1.29 is 5.11 Å². The molecule has 1 heterocycles. The van der Waals surface area contributed by atoms with Crippen LogP contribution in [0.4, 0.5) is 0 Å². The Morgan fingerprint density at radius 1 is 1.32 bits per heavy atom. The maximum atomic E-state index is 9.74. The van der Waals surface area contributed by atoms with Crippen molar-refractivity contribution in [1.82, 2.24) is 4.90 Å². The maximum absolute atomic E-state index is 9.74. The lowest BCUT2D eigenvalue weighted by atomic mass is 9.70. The molecule has 1 saturated carbocycles. The predicted octanol–water partition coefficient (Wildman–Crippen LogP) is 3.15.